The number of rotatable bonds is 1. The molecule has 0 saturated carbocycles. The molecule has 11 heavy (non-hydrogen) atoms. The van der Waals surface area contributed by atoms with Gasteiger partial charge < -0.3 is 5.32 Å². The van der Waals surface area contributed by atoms with E-state index in [1.165, 1.54) is 6.92 Å². The van der Waals surface area contributed by atoms with Crippen molar-refractivity contribution < 1.29 is 22.9 Å². The Morgan fingerprint density at radius 3 is 2.64 bits per heavy atom. The average Bonchev–Trinajstić information content (AvgIpc) is 2.17. The van der Waals surface area contributed by atoms with Gasteiger partial charge in [-0.15, -0.1) is 0 Å². The van der Waals surface area contributed by atoms with Crippen molar-refractivity contribution in [1.29, 1.82) is 0 Å². The van der Waals surface area contributed by atoms with E-state index in [2.05, 4.69) is 9.84 Å². The van der Waals surface area contributed by atoms with Gasteiger partial charge in [0, 0.05) is 6.92 Å². The highest BCUT2D eigenvalue weighted by atomic mass is 31.2. The number of hydrogen-bond donors (Lipinski definition) is 1. The highest BCUT2D eigenvalue weighted by Gasteiger charge is 2.66. The van der Waals surface area contributed by atoms with Gasteiger partial charge in [0.05, 0.1) is 0 Å². The Bertz CT molecular complexity index is 253. The molecular formula is C4H6NO5P. The summed E-state index contributed by atoms with van der Waals surface area (Å²) in [6.45, 7) is 1.30. The molecule has 3 fully saturated rings. The van der Waals surface area contributed by atoms with Crippen molar-refractivity contribution in [2.24, 2.45) is 0 Å². The molecular weight excluding hydrogens is 173 g/mol. The standard InChI is InChI=1S/C4H6NO5P/c1-3(6)5-4-2-8-11(7,9-4)10-4/h2H2,1H3,(H,5,6). The molecule has 2 bridgehead atoms. The van der Waals surface area contributed by atoms with Crippen LogP contribution in [0.2, 0.25) is 0 Å². The topological polar surface area (TPSA) is 73.9 Å². The molecule has 0 spiro atoms. The summed E-state index contributed by atoms with van der Waals surface area (Å²) < 4.78 is 24.9. The van der Waals surface area contributed by atoms with E-state index in [-0.39, 0.29) is 12.5 Å². The molecule has 0 aromatic rings. The SMILES string of the molecule is CC(=O)NC12COP(=O)(O1)O2. The van der Waals surface area contributed by atoms with E-state index in [9.17, 15) is 9.36 Å². The van der Waals surface area contributed by atoms with E-state index in [1.54, 1.807) is 0 Å². The minimum atomic E-state index is -3.24. The van der Waals surface area contributed by atoms with Crippen molar-refractivity contribution in [2.75, 3.05) is 6.61 Å². The van der Waals surface area contributed by atoms with E-state index in [4.69, 9.17) is 9.05 Å². The predicted molar refractivity (Wildman–Crippen MR) is 32.3 cm³/mol. The van der Waals surface area contributed by atoms with Crippen LogP contribution >= 0.6 is 7.82 Å². The van der Waals surface area contributed by atoms with Crippen molar-refractivity contribution in [1.82, 2.24) is 5.32 Å². The van der Waals surface area contributed by atoms with Crippen molar-refractivity contribution in [3.8, 4) is 0 Å². The van der Waals surface area contributed by atoms with Gasteiger partial charge >= 0.3 is 7.82 Å². The summed E-state index contributed by atoms with van der Waals surface area (Å²) in [7, 11) is -3.24. The fourth-order valence-corrected chi connectivity index (χ4v) is 2.35. The van der Waals surface area contributed by atoms with E-state index >= 15 is 0 Å². The smallest absolute Gasteiger partial charge is 0.302 e. The number of carbonyl (C=O) groups excluding carboxylic acids is 1. The first kappa shape index (κ1) is 7.24. The number of fused-ring (bicyclic) bond motifs is 1. The molecule has 0 atom stereocenters. The molecule has 3 aliphatic heterocycles. The first-order valence-corrected chi connectivity index (χ1v) is 4.45. The summed E-state index contributed by atoms with van der Waals surface area (Å²) in [5.74, 6) is -1.58. The molecule has 3 heterocycles. The Hall–Kier alpha value is -0.420. The van der Waals surface area contributed by atoms with Gasteiger partial charge in [-0.05, 0) is 0 Å². The molecule has 62 valence electrons. The Morgan fingerprint density at radius 1 is 1.64 bits per heavy atom. The van der Waals surface area contributed by atoms with Crippen LogP contribution in [0.3, 0.4) is 0 Å². The number of phosphoric ester groups is 1. The third-order valence-electron chi connectivity index (χ3n) is 1.30. The second kappa shape index (κ2) is 1.84. The van der Waals surface area contributed by atoms with Gasteiger partial charge in [0.15, 0.2) is 0 Å². The number of amides is 1. The van der Waals surface area contributed by atoms with Crippen LogP contribution in [0.25, 0.3) is 0 Å². The number of phosphoric acid groups is 1. The fraction of sp³-hybridized carbons (Fsp3) is 0.750. The molecule has 0 aromatic heterocycles. The zero-order valence-corrected chi connectivity index (χ0v) is 6.59. The second-order valence-corrected chi connectivity index (χ2v) is 3.86. The van der Waals surface area contributed by atoms with Crippen LogP contribution in [-0.2, 0) is 22.9 Å². The zero-order valence-electron chi connectivity index (χ0n) is 5.70. The van der Waals surface area contributed by atoms with Crippen LogP contribution in [0.5, 0.6) is 0 Å². The number of nitrogens with one attached hydrogen (secondary N) is 1. The Labute approximate surface area is 62.4 Å². The molecule has 3 saturated heterocycles. The van der Waals surface area contributed by atoms with Gasteiger partial charge in [0.25, 0.3) is 5.91 Å². The Morgan fingerprint density at radius 2 is 2.27 bits per heavy atom. The quantitative estimate of drug-likeness (QED) is 0.571. The van der Waals surface area contributed by atoms with Gasteiger partial charge in [-0.3, -0.25) is 9.32 Å². The molecule has 6 nitrogen and oxygen atoms in total. The van der Waals surface area contributed by atoms with E-state index < -0.39 is 13.7 Å². The average molecular weight is 179 g/mol. The maximum atomic E-state index is 10.8. The van der Waals surface area contributed by atoms with E-state index in [0.29, 0.717) is 0 Å². The molecule has 0 aliphatic carbocycles. The molecule has 7 heteroatoms. The van der Waals surface area contributed by atoms with Gasteiger partial charge in [-0.2, -0.15) is 0 Å². The Balaban J connectivity index is 2.07. The summed E-state index contributed by atoms with van der Waals surface area (Å²) >= 11 is 0. The van der Waals surface area contributed by atoms with Crippen molar-refractivity contribution >= 4 is 13.7 Å². The minimum Gasteiger partial charge on any atom is -0.302 e. The molecule has 3 rings (SSSR count). The van der Waals surface area contributed by atoms with E-state index in [0.717, 1.165) is 0 Å². The van der Waals surface area contributed by atoms with Gasteiger partial charge in [0.1, 0.15) is 6.61 Å². The fourth-order valence-electron chi connectivity index (χ4n) is 0.987. The summed E-state index contributed by atoms with van der Waals surface area (Å²) in [4.78, 5) is 10.5. The van der Waals surface area contributed by atoms with Crippen LogP contribution < -0.4 is 5.32 Å². The van der Waals surface area contributed by atoms with Crippen LogP contribution in [0.15, 0.2) is 0 Å². The summed E-state index contributed by atoms with van der Waals surface area (Å²) in [6, 6.07) is 0. The number of carbonyl (C=O) groups is 1. The number of hydrogen-bond acceptors (Lipinski definition) is 5. The molecule has 0 radical (unpaired) electrons. The Kier molecular flexibility index (Phi) is 1.21. The maximum Gasteiger partial charge on any atom is 0.483 e. The minimum absolute atomic E-state index is 0.0101. The summed E-state index contributed by atoms with van der Waals surface area (Å²) in [6.07, 6.45) is 0. The lowest BCUT2D eigenvalue weighted by molar-refractivity contribution is -0.189. The molecule has 0 aromatic carbocycles. The van der Waals surface area contributed by atoms with Gasteiger partial charge in [0.2, 0.25) is 5.91 Å². The lowest BCUT2D eigenvalue weighted by Gasteiger charge is -2.33. The predicted octanol–water partition coefficient (Wildman–Crippen LogP) is -0.0386. The lowest BCUT2D eigenvalue weighted by atomic mass is 10.5. The molecule has 1 amide bonds. The highest BCUT2D eigenvalue weighted by Crippen LogP contribution is 2.70. The monoisotopic (exact) mass is 179 g/mol. The normalized spacial score (nSPS) is 46.6. The third kappa shape index (κ3) is 0.990. The van der Waals surface area contributed by atoms with Crippen molar-refractivity contribution in [3.05, 3.63) is 0 Å². The van der Waals surface area contributed by atoms with Crippen LogP contribution in [0, 0.1) is 0 Å². The lowest BCUT2D eigenvalue weighted by Crippen LogP contribution is -2.54. The molecule has 0 unspecified atom stereocenters. The summed E-state index contributed by atoms with van der Waals surface area (Å²) in [5.41, 5.74) is 0. The van der Waals surface area contributed by atoms with E-state index in [1.807, 2.05) is 0 Å². The largest absolute Gasteiger partial charge is 0.483 e. The zero-order chi connectivity index (χ0) is 8.11. The van der Waals surface area contributed by atoms with Crippen molar-refractivity contribution in [2.45, 2.75) is 12.8 Å². The molecule has 3 aliphatic rings. The van der Waals surface area contributed by atoms with Crippen LogP contribution in [0.4, 0.5) is 0 Å². The first-order chi connectivity index (χ1) is 5.04. The third-order valence-corrected chi connectivity index (χ3v) is 2.78. The maximum absolute atomic E-state index is 10.8. The first-order valence-electron chi connectivity index (χ1n) is 2.98. The van der Waals surface area contributed by atoms with Gasteiger partial charge in [-0.25, -0.2) is 13.6 Å². The second-order valence-electron chi connectivity index (χ2n) is 2.34. The van der Waals surface area contributed by atoms with Crippen LogP contribution in [0.1, 0.15) is 6.92 Å². The van der Waals surface area contributed by atoms with Gasteiger partial charge in [-0.1, -0.05) is 0 Å². The van der Waals surface area contributed by atoms with Crippen LogP contribution in [-0.4, -0.2) is 18.4 Å². The highest BCUT2D eigenvalue weighted by molar-refractivity contribution is 7.50. The van der Waals surface area contributed by atoms with Crippen molar-refractivity contribution in [3.63, 3.8) is 0 Å². The molecule has 1 N–H and O–H groups in total. The summed E-state index contributed by atoms with van der Waals surface area (Å²) in [5, 5.41) is 2.33.